The molecular formula is C28H37Cl2NO3S. The van der Waals surface area contributed by atoms with Gasteiger partial charge in [0.05, 0.1) is 17.9 Å². The highest BCUT2D eigenvalue weighted by atomic mass is 35.5. The minimum Gasteiger partial charge on any atom is -0.481 e. The number of hydrogen-bond acceptors (Lipinski definition) is 3. The number of aliphatic carboxylic acids is 1. The lowest BCUT2D eigenvalue weighted by Gasteiger charge is -2.49. The molecular weight excluding hydrogens is 501 g/mol. The lowest BCUT2D eigenvalue weighted by atomic mass is 9.74. The second-order valence-electron chi connectivity index (χ2n) is 9.94. The zero-order valence-corrected chi connectivity index (χ0v) is 23.5. The van der Waals surface area contributed by atoms with Crippen LogP contribution in [0.4, 0.5) is 0 Å². The van der Waals surface area contributed by atoms with Gasteiger partial charge in [0.1, 0.15) is 0 Å². The van der Waals surface area contributed by atoms with Crippen molar-refractivity contribution in [1.29, 1.82) is 0 Å². The van der Waals surface area contributed by atoms with Gasteiger partial charge in [-0.05, 0) is 53.8 Å². The largest absolute Gasteiger partial charge is 0.481 e. The summed E-state index contributed by atoms with van der Waals surface area (Å²) in [6, 6.07) is 17.1. The van der Waals surface area contributed by atoms with Gasteiger partial charge in [-0.25, -0.2) is 0 Å². The Labute approximate surface area is 224 Å². The molecule has 1 N–H and O–H groups in total. The number of amides is 1. The van der Waals surface area contributed by atoms with Gasteiger partial charge in [0, 0.05) is 21.8 Å². The highest BCUT2D eigenvalue weighted by molar-refractivity contribution is 7.99. The van der Waals surface area contributed by atoms with Gasteiger partial charge in [-0.2, -0.15) is 11.8 Å². The van der Waals surface area contributed by atoms with Crippen molar-refractivity contribution in [1.82, 2.24) is 4.90 Å². The quantitative estimate of drug-likeness (QED) is 0.370. The molecule has 3 atom stereocenters. The van der Waals surface area contributed by atoms with E-state index in [2.05, 4.69) is 27.7 Å². The Morgan fingerprint density at radius 2 is 1.63 bits per heavy atom. The first kappa shape index (κ1) is 29.5. The second kappa shape index (κ2) is 13.6. The molecule has 0 aromatic heterocycles. The van der Waals surface area contributed by atoms with Crippen molar-refractivity contribution < 1.29 is 14.7 Å². The van der Waals surface area contributed by atoms with Crippen molar-refractivity contribution >= 4 is 46.8 Å². The number of thioether (sulfide) groups is 1. The number of hydrogen-bond donors (Lipinski definition) is 1. The monoisotopic (exact) mass is 537 g/mol. The summed E-state index contributed by atoms with van der Waals surface area (Å²) >= 11 is 13.5. The number of benzene rings is 2. The van der Waals surface area contributed by atoms with Crippen LogP contribution in [0.2, 0.25) is 10.0 Å². The molecule has 1 aliphatic heterocycles. The van der Waals surface area contributed by atoms with Gasteiger partial charge in [-0.3, -0.25) is 9.59 Å². The fourth-order valence-corrected chi connectivity index (χ4v) is 5.74. The number of halogens is 2. The van der Waals surface area contributed by atoms with Crippen LogP contribution in [0.1, 0.15) is 65.5 Å². The van der Waals surface area contributed by atoms with Gasteiger partial charge in [-0.15, -0.1) is 0 Å². The molecule has 1 amide bonds. The lowest BCUT2D eigenvalue weighted by Crippen LogP contribution is -2.56. The molecule has 0 bridgehead atoms. The fourth-order valence-electron chi connectivity index (χ4n) is 4.35. The van der Waals surface area contributed by atoms with Crippen LogP contribution in [0.15, 0.2) is 54.6 Å². The van der Waals surface area contributed by atoms with Crippen molar-refractivity contribution in [3.05, 3.63) is 70.2 Å². The van der Waals surface area contributed by atoms with E-state index in [1.807, 2.05) is 78.2 Å². The average molecular weight is 539 g/mol. The van der Waals surface area contributed by atoms with Gasteiger partial charge in [0.15, 0.2) is 0 Å². The third-order valence-electron chi connectivity index (χ3n) is 6.31. The summed E-state index contributed by atoms with van der Waals surface area (Å²) in [6.45, 7) is 10.4. The highest BCUT2D eigenvalue weighted by Gasteiger charge is 2.48. The molecule has 0 saturated carbocycles. The number of likely N-dealkylation sites (tertiary alicyclic amines) is 1. The zero-order valence-electron chi connectivity index (χ0n) is 21.2. The van der Waals surface area contributed by atoms with Crippen LogP contribution in [0, 0.1) is 11.3 Å². The molecule has 2 aromatic carbocycles. The number of carbonyl (C=O) groups is 2. The summed E-state index contributed by atoms with van der Waals surface area (Å²) in [4.78, 5) is 27.1. The normalized spacial score (nSPS) is 21.0. The molecule has 1 heterocycles. The Hall–Kier alpha value is -1.69. The lowest BCUT2D eigenvalue weighted by molar-refractivity contribution is -0.159. The third-order valence-corrected chi connectivity index (χ3v) is 8.02. The molecule has 0 radical (unpaired) electrons. The summed E-state index contributed by atoms with van der Waals surface area (Å²) in [5, 5.41) is 11.3. The topological polar surface area (TPSA) is 57.6 Å². The molecule has 1 aliphatic rings. The van der Waals surface area contributed by atoms with E-state index in [4.69, 9.17) is 23.2 Å². The molecule has 0 aliphatic carbocycles. The number of carbonyl (C=O) groups excluding carboxylic acids is 1. The number of carboxylic acid groups (broad SMARTS) is 1. The van der Waals surface area contributed by atoms with E-state index in [1.165, 1.54) is 0 Å². The van der Waals surface area contributed by atoms with Gasteiger partial charge in [-0.1, -0.05) is 88.2 Å². The first-order valence-electron chi connectivity index (χ1n) is 12.1. The maximum atomic E-state index is 13.7. The maximum Gasteiger partial charge on any atom is 0.304 e. The van der Waals surface area contributed by atoms with Gasteiger partial charge in [0.25, 0.3) is 0 Å². The maximum absolute atomic E-state index is 13.7. The Kier molecular flexibility index (Phi) is 11.5. The number of nitrogens with zero attached hydrogens (tertiary/aromatic N) is 1. The van der Waals surface area contributed by atoms with Crippen molar-refractivity contribution in [2.75, 3.05) is 5.75 Å². The van der Waals surface area contributed by atoms with Gasteiger partial charge >= 0.3 is 5.97 Å². The molecule has 1 saturated heterocycles. The molecule has 2 unspecified atom stereocenters. The van der Waals surface area contributed by atoms with Crippen LogP contribution in [-0.4, -0.2) is 38.9 Å². The van der Waals surface area contributed by atoms with Crippen LogP contribution in [-0.2, 0) is 9.59 Å². The van der Waals surface area contributed by atoms with E-state index in [-0.39, 0.29) is 30.3 Å². The van der Waals surface area contributed by atoms with Crippen LogP contribution in [0.3, 0.4) is 0 Å². The molecule has 192 valence electrons. The van der Waals surface area contributed by atoms with Crippen molar-refractivity contribution in [2.45, 2.75) is 71.2 Å². The molecule has 2 aromatic rings. The molecule has 7 heteroatoms. The first-order valence-corrected chi connectivity index (χ1v) is 13.9. The van der Waals surface area contributed by atoms with Crippen molar-refractivity contribution in [3.63, 3.8) is 0 Å². The molecule has 3 rings (SSSR count). The van der Waals surface area contributed by atoms with E-state index in [9.17, 15) is 14.7 Å². The van der Waals surface area contributed by atoms with Crippen LogP contribution in [0.25, 0.3) is 0 Å². The number of carboxylic acids is 1. The molecule has 35 heavy (non-hydrogen) atoms. The predicted molar refractivity (Wildman–Crippen MR) is 148 cm³/mol. The Morgan fingerprint density at radius 1 is 1.06 bits per heavy atom. The van der Waals surface area contributed by atoms with Crippen molar-refractivity contribution in [3.8, 4) is 0 Å². The molecule has 4 nitrogen and oxygen atoms in total. The predicted octanol–water partition coefficient (Wildman–Crippen LogP) is 7.99. The second-order valence-corrected chi connectivity index (χ2v) is 12.4. The summed E-state index contributed by atoms with van der Waals surface area (Å²) in [5.41, 5.74) is 0.208. The van der Waals surface area contributed by atoms with Crippen LogP contribution in [0.5, 0.6) is 0 Å². The minimum absolute atomic E-state index is 0.0378. The summed E-state index contributed by atoms with van der Waals surface area (Å²) in [5.74, 6) is 0.161. The van der Waals surface area contributed by atoms with E-state index in [0.717, 1.165) is 22.8 Å². The minimum atomic E-state index is -0.918. The van der Waals surface area contributed by atoms with E-state index in [0.29, 0.717) is 16.7 Å². The molecule has 1 fully saturated rings. The van der Waals surface area contributed by atoms with Crippen molar-refractivity contribution in [2.24, 2.45) is 11.3 Å². The van der Waals surface area contributed by atoms with Crippen LogP contribution >= 0.6 is 35.0 Å². The van der Waals surface area contributed by atoms with E-state index < -0.39 is 11.4 Å². The number of rotatable bonds is 8. The smallest absolute Gasteiger partial charge is 0.304 e. The van der Waals surface area contributed by atoms with Gasteiger partial charge < -0.3 is 10.0 Å². The summed E-state index contributed by atoms with van der Waals surface area (Å²) in [7, 11) is 0. The van der Waals surface area contributed by atoms with Gasteiger partial charge in [0.2, 0.25) is 5.91 Å². The Morgan fingerprint density at radius 3 is 2.09 bits per heavy atom. The average Bonchev–Trinajstić information content (AvgIpc) is 2.78. The number of piperidine rings is 1. The highest BCUT2D eigenvalue weighted by Crippen LogP contribution is 2.45. The summed E-state index contributed by atoms with van der Waals surface area (Å²) in [6.07, 6.45) is 1.20. The fraction of sp³-hybridized carbons (Fsp3) is 0.500. The zero-order chi connectivity index (χ0) is 26.2. The Bertz CT molecular complexity index is 952. The van der Waals surface area contributed by atoms with E-state index in [1.54, 1.807) is 0 Å². The summed E-state index contributed by atoms with van der Waals surface area (Å²) < 4.78 is 0. The third kappa shape index (κ3) is 8.73. The molecule has 0 spiro atoms. The van der Waals surface area contributed by atoms with E-state index >= 15 is 0 Å². The standard InChI is InChI=1S/C22H32ClNO3S.C6H5Cl/c1-14(2)19(13-28-15(3)4)24-18(16-6-8-17(23)9-7-16)10-11-22(5,21(24)27)12-20(25)26;7-6-4-2-1-3-5-6/h6-9,14-15,18-19H,10-13H2,1-5H3,(H,25,26);1-5H/t18?,19?,22-;/m1./s1. The SMILES string of the molecule is CC(C)SCC(C(C)C)N1C(=O)[C@@](C)(CC(=O)O)CCC1c1ccc(Cl)cc1.Clc1ccccc1. The first-order chi connectivity index (χ1) is 16.4. The Balaban J connectivity index is 0.000000527. The van der Waals surface area contributed by atoms with Crippen LogP contribution < -0.4 is 0 Å².